The highest BCUT2D eigenvalue weighted by atomic mass is 35.5. The van der Waals surface area contributed by atoms with Crippen LogP contribution in [0.1, 0.15) is 27.0 Å². The summed E-state index contributed by atoms with van der Waals surface area (Å²) in [5.74, 6) is -1.43. The lowest BCUT2D eigenvalue weighted by atomic mass is 10.2. The van der Waals surface area contributed by atoms with E-state index in [1.807, 2.05) is 0 Å². The van der Waals surface area contributed by atoms with Gasteiger partial charge in [-0.1, -0.05) is 29.8 Å². The van der Waals surface area contributed by atoms with Gasteiger partial charge in [0.1, 0.15) is 6.04 Å². The maximum atomic E-state index is 11.9. The molecule has 0 bridgehead atoms. The molecule has 2 rings (SSSR count). The van der Waals surface area contributed by atoms with Crippen molar-refractivity contribution >= 4 is 40.7 Å². The van der Waals surface area contributed by atoms with Crippen LogP contribution in [0.25, 0.3) is 0 Å². The quantitative estimate of drug-likeness (QED) is 0.736. The summed E-state index contributed by atoms with van der Waals surface area (Å²) in [7, 11) is 0. The van der Waals surface area contributed by atoms with Gasteiger partial charge in [-0.05, 0) is 30.5 Å². The number of carbonyl (C=O) groups excluding carboxylic acids is 3. The van der Waals surface area contributed by atoms with Crippen LogP contribution in [0.2, 0.25) is 5.02 Å². The molecule has 0 aliphatic heterocycles. The van der Waals surface area contributed by atoms with Gasteiger partial charge < -0.3 is 5.32 Å². The molecule has 8 heteroatoms. The van der Waals surface area contributed by atoms with Crippen molar-refractivity contribution < 1.29 is 14.4 Å². The third kappa shape index (κ3) is 4.54. The summed E-state index contributed by atoms with van der Waals surface area (Å²) in [6.07, 6.45) is 0. The van der Waals surface area contributed by atoms with E-state index in [0.29, 0.717) is 4.88 Å². The van der Waals surface area contributed by atoms with Gasteiger partial charge in [-0.2, -0.15) is 0 Å². The number of benzene rings is 1. The Morgan fingerprint density at radius 3 is 2.43 bits per heavy atom. The Balaban J connectivity index is 1.85. The first kappa shape index (κ1) is 17.0. The molecule has 0 saturated heterocycles. The monoisotopic (exact) mass is 351 g/mol. The van der Waals surface area contributed by atoms with E-state index in [2.05, 4.69) is 16.2 Å². The predicted octanol–water partition coefficient (Wildman–Crippen LogP) is 1.98. The molecule has 0 saturated carbocycles. The average molecular weight is 352 g/mol. The molecule has 1 unspecified atom stereocenters. The maximum absolute atomic E-state index is 11.9. The first-order chi connectivity index (χ1) is 11.0. The number of carbonyl (C=O) groups is 3. The van der Waals surface area contributed by atoms with Crippen molar-refractivity contribution in [1.82, 2.24) is 16.2 Å². The standard InChI is InChI=1S/C15H14ClN3O3S/c1-9(17-15(22)12-7-4-8-23-12)13(20)18-19-14(21)10-5-2-3-6-11(10)16/h2-9H,1H3,(H,17,22)(H,18,20)(H,19,21). The molecular weight excluding hydrogens is 338 g/mol. The Bertz CT molecular complexity index is 719. The molecule has 3 amide bonds. The number of hydrogen-bond donors (Lipinski definition) is 3. The zero-order chi connectivity index (χ0) is 16.8. The van der Waals surface area contributed by atoms with E-state index in [4.69, 9.17) is 11.6 Å². The molecule has 1 atom stereocenters. The third-order valence-electron chi connectivity index (χ3n) is 2.90. The van der Waals surface area contributed by atoms with Gasteiger partial charge in [-0.15, -0.1) is 11.3 Å². The molecule has 2 aromatic rings. The van der Waals surface area contributed by atoms with Crippen LogP contribution in [0, 0.1) is 0 Å². The number of halogens is 1. The molecule has 0 spiro atoms. The second-order valence-electron chi connectivity index (χ2n) is 4.60. The summed E-state index contributed by atoms with van der Waals surface area (Å²) in [5, 5.41) is 4.58. The van der Waals surface area contributed by atoms with Gasteiger partial charge in [0.05, 0.1) is 15.5 Å². The van der Waals surface area contributed by atoms with Crippen molar-refractivity contribution in [3.63, 3.8) is 0 Å². The molecule has 6 nitrogen and oxygen atoms in total. The van der Waals surface area contributed by atoms with Crippen molar-refractivity contribution in [1.29, 1.82) is 0 Å². The summed E-state index contributed by atoms with van der Waals surface area (Å²) in [4.78, 5) is 36.1. The van der Waals surface area contributed by atoms with Crippen LogP contribution in [0.4, 0.5) is 0 Å². The van der Waals surface area contributed by atoms with Crippen LogP contribution in [0.15, 0.2) is 41.8 Å². The Hall–Kier alpha value is -2.38. The minimum atomic E-state index is -0.809. The minimum Gasteiger partial charge on any atom is -0.340 e. The first-order valence-corrected chi connectivity index (χ1v) is 7.94. The van der Waals surface area contributed by atoms with E-state index < -0.39 is 17.9 Å². The van der Waals surface area contributed by atoms with Crippen LogP contribution in [0.3, 0.4) is 0 Å². The van der Waals surface area contributed by atoms with Crippen LogP contribution in [-0.4, -0.2) is 23.8 Å². The fraction of sp³-hybridized carbons (Fsp3) is 0.133. The normalized spacial score (nSPS) is 11.4. The third-order valence-corrected chi connectivity index (χ3v) is 4.10. The van der Waals surface area contributed by atoms with E-state index in [1.54, 1.807) is 35.7 Å². The Labute approximate surface area is 141 Å². The average Bonchev–Trinajstić information content (AvgIpc) is 3.07. The number of hydrazine groups is 1. The van der Waals surface area contributed by atoms with Gasteiger partial charge >= 0.3 is 0 Å². The molecular formula is C15H14ClN3O3S. The van der Waals surface area contributed by atoms with Crippen LogP contribution in [0.5, 0.6) is 0 Å². The molecule has 0 radical (unpaired) electrons. The van der Waals surface area contributed by atoms with E-state index in [-0.39, 0.29) is 16.5 Å². The van der Waals surface area contributed by atoms with Crippen LogP contribution >= 0.6 is 22.9 Å². The van der Waals surface area contributed by atoms with E-state index in [1.165, 1.54) is 24.3 Å². The highest BCUT2D eigenvalue weighted by molar-refractivity contribution is 7.12. The molecule has 3 N–H and O–H groups in total. The van der Waals surface area contributed by atoms with E-state index in [9.17, 15) is 14.4 Å². The van der Waals surface area contributed by atoms with Gasteiger partial charge in [0.2, 0.25) is 0 Å². The van der Waals surface area contributed by atoms with Gasteiger partial charge in [0.15, 0.2) is 0 Å². The summed E-state index contributed by atoms with van der Waals surface area (Å²) in [6.45, 7) is 1.52. The summed E-state index contributed by atoms with van der Waals surface area (Å²) < 4.78 is 0. The van der Waals surface area contributed by atoms with Crippen molar-refractivity contribution in [3.8, 4) is 0 Å². The fourth-order valence-electron chi connectivity index (χ4n) is 1.68. The van der Waals surface area contributed by atoms with Crippen molar-refractivity contribution in [3.05, 3.63) is 57.2 Å². The SMILES string of the molecule is CC(NC(=O)c1cccs1)C(=O)NNC(=O)c1ccccc1Cl. The minimum absolute atomic E-state index is 0.241. The zero-order valence-corrected chi connectivity index (χ0v) is 13.7. The summed E-state index contributed by atoms with van der Waals surface area (Å²) >= 11 is 7.17. The molecule has 1 aromatic heterocycles. The maximum Gasteiger partial charge on any atom is 0.271 e. The Kier molecular flexibility index (Phi) is 5.72. The molecule has 0 aliphatic carbocycles. The highest BCUT2D eigenvalue weighted by Gasteiger charge is 2.18. The lowest BCUT2D eigenvalue weighted by molar-refractivity contribution is -0.123. The Morgan fingerprint density at radius 1 is 1.04 bits per heavy atom. The van der Waals surface area contributed by atoms with Gasteiger partial charge in [0, 0.05) is 0 Å². The van der Waals surface area contributed by atoms with Crippen molar-refractivity contribution in [2.45, 2.75) is 13.0 Å². The first-order valence-electron chi connectivity index (χ1n) is 6.68. The van der Waals surface area contributed by atoms with E-state index >= 15 is 0 Å². The molecule has 23 heavy (non-hydrogen) atoms. The number of nitrogens with one attached hydrogen (secondary N) is 3. The topological polar surface area (TPSA) is 87.3 Å². The van der Waals surface area contributed by atoms with Crippen LogP contribution in [-0.2, 0) is 4.79 Å². The van der Waals surface area contributed by atoms with Crippen molar-refractivity contribution in [2.75, 3.05) is 0 Å². The fourth-order valence-corrected chi connectivity index (χ4v) is 2.53. The lowest BCUT2D eigenvalue weighted by Crippen LogP contribution is -2.51. The lowest BCUT2D eigenvalue weighted by Gasteiger charge is -2.14. The zero-order valence-electron chi connectivity index (χ0n) is 12.1. The van der Waals surface area contributed by atoms with Gasteiger partial charge in [-0.3, -0.25) is 25.2 Å². The molecule has 1 aromatic carbocycles. The predicted molar refractivity (Wildman–Crippen MR) is 88.3 cm³/mol. The van der Waals surface area contributed by atoms with Gasteiger partial charge in [-0.25, -0.2) is 0 Å². The Morgan fingerprint density at radius 2 is 1.78 bits per heavy atom. The molecule has 0 aliphatic rings. The molecule has 120 valence electrons. The number of amides is 3. The molecule has 1 heterocycles. The van der Waals surface area contributed by atoms with E-state index in [0.717, 1.165) is 0 Å². The number of thiophene rings is 1. The number of rotatable bonds is 4. The van der Waals surface area contributed by atoms with Gasteiger partial charge in [0.25, 0.3) is 17.7 Å². The molecule has 0 fully saturated rings. The van der Waals surface area contributed by atoms with Crippen molar-refractivity contribution in [2.24, 2.45) is 0 Å². The largest absolute Gasteiger partial charge is 0.340 e. The second-order valence-corrected chi connectivity index (χ2v) is 5.95. The highest BCUT2D eigenvalue weighted by Crippen LogP contribution is 2.14. The second kappa shape index (κ2) is 7.75. The smallest absolute Gasteiger partial charge is 0.271 e. The summed E-state index contributed by atoms with van der Waals surface area (Å²) in [6, 6.07) is 9.05. The summed E-state index contributed by atoms with van der Waals surface area (Å²) in [5.41, 5.74) is 4.75. The van der Waals surface area contributed by atoms with Crippen LogP contribution < -0.4 is 16.2 Å². The number of hydrogen-bond acceptors (Lipinski definition) is 4.